The van der Waals surface area contributed by atoms with Crippen molar-refractivity contribution in [1.29, 1.82) is 0 Å². The summed E-state index contributed by atoms with van der Waals surface area (Å²) in [6, 6.07) is 8.34. The minimum absolute atomic E-state index is 0.135. The molecule has 1 fully saturated rings. The molecule has 0 bridgehead atoms. The SMILES string of the molecule is C[C@H](C(=O)Nc1cc(F)ccc1F)N1CCN(c2ccccn2)CC1. The Morgan fingerprint density at radius 3 is 2.60 bits per heavy atom. The fraction of sp³-hybridized carbons (Fsp3) is 0.333. The van der Waals surface area contributed by atoms with Crippen molar-refractivity contribution in [3.8, 4) is 0 Å². The van der Waals surface area contributed by atoms with E-state index in [2.05, 4.69) is 15.2 Å². The Morgan fingerprint density at radius 2 is 1.92 bits per heavy atom. The number of halogens is 2. The van der Waals surface area contributed by atoms with Gasteiger partial charge in [-0.2, -0.15) is 0 Å². The minimum Gasteiger partial charge on any atom is -0.354 e. The first-order valence-electron chi connectivity index (χ1n) is 8.20. The molecule has 0 aliphatic carbocycles. The molecule has 0 saturated carbocycles. The van der Waals surface area contributed by atoms with E-state index >= 15 is 0 Å². The van der Waals surface area contributed by atoms with E-state index in [9.17, 15) is 13.6 Å². The number of carbonyl (C=O) groups is 1. The van der Waals surface area contributed by atoms with Crippen LogP contribution in [-0.4, -0.2) is 48.0 Å². The zero-order chi connectivity index (χ0) is 17.8. The number of anilines is 2. The summed E-state index contributed by atoms with van der Waals surface area (Å²) in [6.07, 6.45) is 1.76. The van der Waals surface area contributed by atoms with E-state index in [1.54, 1.807) is 13.1 Å². The number of benzene rings is 1. The fourth-order valence-corrected chi connectivity index (χ4v) is 2.88. The van der Waals surface area contributed by atoms with Crippen LogP contribution in [-0.2, 0) is 4.79 Å². The lowest BCUT2D eigenvalue weighted by molar-refractivity contribution is -0.120. The molecule has 0 radical (unpaired) electrons. The monoisotopic (exact) mass is 346 g/mol. The average molecular weight is 346 g/mol. The maximum Gasteiger partial charge on any atom is 0.241 e. The smallest absolute Gasteiger partial charge is 0.241 e. The Bertz CT molecular complexity index is 733. The van der Waals surface area contributed by atoms with Crippen molar-refractivity contribution in [2.24, 2.45) is 0 Å². The Balaban J connectivity index is 1.57. The predicted octanol–water partition coefficient (Wildman–Crippen LogP) is 2.51. The van der Waals surface area contributed by atoms with Gasteiger partial charge in [-0.3, -0.25) is 9.69 Å². The normalized spacial score (nSPS) is 16.5. The van der Waals surface area contributed by atoms with Gasteiger partial charge >= 0.3 is 0 Å². The van der Waals surface area contributed by atoms with Gasteiger partial charge in [-0.15, -0.1) is 0 Å². The van der Waals surface area contributed by atoms with Gasteiger partial charge in [0.2, 0.25) is 5.91 Å². The minimum atomic E-state index is -0.651. The molecule has 132 valence electrons. The zero-order valence-electron chi connectivity index (χ0n) is 14.0. The Labute approximate surface area is 145 Å². The van der Waals surface area contributed by atoms with Crippen LogP contribution < -0.4 is 10.2 Å². The highest BCUT2D eigenvalue weighted by molar-refractivity contribution is 5.94. The third-order valence-corrected chi connectivity index (χ3v) is 4.40. The lowest BCUT2D eigenvalue weighted by Gasteiger charge is -2.37. The van der Waals surface area contributed by atoms with Crippen LogP contribution in [0.4, 0.5) is 20.3 Å². The van der Waals surface area contributed by atoms with Gasteiger partial charge in [0.25, 0.3) is 0 Å². The van der Waals surface area contributed by atoms with Crippen LogP contribution in [0.2, 0.25) is 0 Å². The summed E-state index contributed by atoms with van der Waals surface area (Å²) in [6.45, 7) is 4.66. The molecule has 1 N–H and O–H groups in total. The summed E-state index contributed by atoms with van der Waals surface area (Å²) >= 11 is 0. The van der Waals surface area contributed by atoms with E-state index in [1.165, 1.54) is 0 Å². The van der Waals surface area contributed by atoms with E-state index in [0.29, 0.717) is 13.1 Å². The van der Waals surface area contributed by atoms with Crippen molar-refractivity contribution < 1.29 is 13.6 Å². The zero-order valence-corrected chi connectivity index (χ0v) is 14.0. The first-order valence-corrected chi connectivity index (χ1v) is 8.20. The lowest BCUT2D eigenvalue weighted by atomic mass is 10.2. The van der Waals surface area contributed by atoms with Crippen molar-refractivity contribution in [1.82, 2.24) is 9.88 Å². The molecule has 1 aliphatic rings. The van der Waals surface area contributed by atoms with Gasteiger partial charge in [0.1, 0.15) is 17.5 Å². The first-order chi connectivity index (χ1) is 12.0. The number of nitrogens with zero attached hydrogens (tertiary/aromatic N) is 3. The van der Waals surface area contributed by atoms with Crippen LogP contribution in [0.25, 0.3) is 0 Å². The molecule has 1 saturated heterocycles. The predicted molar refractivity (Wildman–Crippen MR) is 92.5 cm³/mol. The van der Waals surface area contributed by atoms with Crippen LogP contribution >= 0.6 is 0 Å². The van der Waals surface area contributed by atoms with E-state index < -0.39 is 17.7 Å². The molecule has 1 aromatic heterocycles. The highest BCUT2D eigenvalue weighted by Crippen LogP contribution is 2.18. The van der Waals surface area contributed by atoms with Gasteiger partial charge in [-0.1, -0.05) is 6.07 Å². The van der Waals surface area contributed by atoms with Crippen molar-refractivity contribution >= 4 is 17.4 Å². The average Bonchev–Trinajstić information content (AvgIpc) is 2.65. The van der Waals surface area contributed by atoms with Crippen LogP contribution in [0.1, 0.15) is 6.92 Å². The number of hydrogen-bond acceptors (Lipinski definition) is 4. The Kier molecular flexibility index (Phi) is 5.23. The first kappa shape index (κ1) is 17.3. The van der Waals surface area contributed by atoms with Gasteiger partial charge in [0.15, 0.2) is 0 Å². The molecule has 2 aromatic rings. The number of aromatic nitrogens is 1. The molecule has 1 aromatic carbocycles. The van der Waals surface area contributed by atoms with Gasteiger partial charge in [0.05, 0.1) is 11.7 Å². The van der Waals surface area contributed by atoms with Gasteiger partial charge in [0, 0.05) is 38.4 Å². The number of pyridine rings is 1. The maximum absolute atomic E-state index is 13.7. The van der Waals surface area contributed by atoms with Crippen molar-refractivity contribution in [2.75, 3.05) is 36.4 Å². The molecule has 1 amide bonds. The summed E-state index contributed by atoms with van der Waals surface area (Å²) in [5, 5.41) is 2.47. The van der Waals surface area contributed by atoms with E-state index in [1.807, 2.05) is 23.1 Å². The van der Waals surface area contributed by atoms with Crippen LogP contribution in [0.5, 0.6) is 0 Å². The summed E-state index contributed by atoms with van der Waals surface area (Å²) in [4.78, 5) is 20.9. The number of rotatable bonds is 4. The summed E-state index contributed by atoms with van der Waals surface area (Å²) in [5.74, 6) is -0.674. The van der Waals surface area contributed by atoms with Gasteiger partial charge in [-0.05, 0) is 31.2 Å². The molecule has 1 aliphatic heterocycles. The largest absolute Gasteiger partial charge is 0.354 e. The summed E-state index contributed by atoms with van der Waals surface area (Å²) in [7, 11) is 0. The van der Waals surface area contributed by atoms with Gasteiger partial charge < -0.3 is 10.2 Å². The lowest BCUT2D eigenvalue weighted by Crippen LogP contribution is -2.53. The van der Waals surface area contributed by atoms with Crippen molar-refractivity contribution in [3.05, 3.63) is 54.2 Å². The third-order valence-electron chi connectivity index (χ3n) is 4.40. The molecule has 25 heavy (non-hydrogen) atoms. The topological polar surface area (TPSA) is 48.5 Å². The van der Waals surface area contributed by atoms with E-state index in [-0.39, 0.29) is 11.6 Å². The highest BCUT2D eigenvalue weighted by Gasteiger charge is 2.26. The number of carbonyl (C=O) groups excluding carboxylic acids is 1. The van der Waals surface area contributed by atoms with Gasteiger partial charge in [-0.25, -0.2) is 13.8 Å². The second kappa shape index (κ2) is 7.57. The molecular weight excluding hydrogens is 326 g/mol. The van der Waals surface area contributed by atoms with Crippen LogP contribution in [0.15, 0.2) is 42.6 Å². The summed E-state index contributed by atoms with van der Waals surface area (Å²) in [5.41, 5.74) is -0.135. The standard InChI is InChI=1S/C18H20F2N4O/c1-13(18(25)22-16-12-14(19)5-6-15(16)20)23-8-10-24(11-9-23)17-4-2-3-7-21-17/h2-7,12-13H,8-11H2,1H3,(H,22,25)/t13-/m1/s1. The van der Waals surface area contributed by atoms with Crippen LogP contribution in [0, 0.1) is 11.6 Å². The van der Waals surface area contributed by atoms with E-state index in [0.717, 1.165) is 37.1 Å². The van der Waals surface area contributed by atoms with Crippen LogP contribution in [0.3, 0.4) is 0 Å². The number of hydrogen-bond donors (Lipinski definition) is 1. The highest BCUT2D eigenvalue weighted by atomic mass is 19.1. The quantitative estimate of drug-likeness (QED) is 0.924. The Hall–Kier alpha value is -2.54. The molecule has 2 heterocycles. The molecular formula is C18H20F2N4O. The summed E-state index contributed by atoms with van der Waals surface area (Å²) < 4.78 is 26.9. The molecule has 3 rings (SSSR count). The third kappa shape index (κ3) is 4.11. The number of nitrogens with one attached hydrogen (secondary N) is 1. The molecule has 1 atom stereocenters. The molecule has 0 unspecified atom stereocenters. The number of amides is 1. The molecule has 0 spiro atoms. The second-order valence-electron chi connectivity index (χ2n) is 6.00. The second-order valence-corrected chi connectivity index (χ2v) is 6.00. The number of piperazine rings is 1. The molecule has 7 heteroatoms. The Morgan fingerprint density at radius 1 is 1.16 bits per heavy atom. The fourth-order valence-electron chi connectivity index (χ4n) is 2.88. The maximum atomic E-state index is 13.7. The van der Waals surface area contributed by atoms with Crippen molar-refractivity contribution in [2.45, 2.75) is 13.0 Å². The molecule has 5 nitrogen and oxygen atoms in total. The van der Waals surface area contributed by atoms with Crippen molar-refractivity contribution in [3.63, 3.8) is 0 Å². The van der Waals surface area contributed by atoms with E-state index in [4.69, 9.17) is 0 Å².